The van der Waals surface area contributed by atoms with Crippen molar-refractivity contribution in [1.29, 1.82) is 0 Å². The van der Waals surface area contributed by atoms with Crippen molar-refractivity contribution in [3.05, 3.63) is 108 Å². The van der Waals surface area contributed by atoms with Gasteiger partial charge >= 0.3 is 5.97 Å². The van der Waals surface area contributed by atoms with Crippen LogP contribution in [0.25, 0.3) is 10.8 Å². The summed E-state index contributed by atoms with van der Waals surface area (Å²) < 4.78 is 26.2. The van der Waals surface area contributed by atoms with Gasteiger partial charge in [-0.2, -0.15) is 0 Å². The summed E-state index contributed by atoms with van der Waals surface area (Å²) in [5.74, 6) is -0.899. The van der Waals surface area contributed by atoms with E-state index in [2.05, 4.69) is 0 Å². The van der Waals surface area contributed by atoms with Crippen molar-refractivity contribution in [2.45, 2.75) is 32.1 Å². The lowest BCUT2D eigenvalue weighted by atomic mass is 9.99. The Hall–Kier alpha value is -3.48. The predicted octanol–water partition coefficient (Wildman–Crippen LogP) is 6.43. The largest absolute Gasteiger partial charge is 0.755 e. The van der Waals surface area contributed by atoms with Crippen molar-refractivity contribution < 1.29 is 18.7 Å². The lowest BCUT2D eigenvalue weighted by molar-refractivity contribution is 0.0695. The number of unbranched alkanes of at least 4 members (excludes halogenated alkanes) is 2. The minimum absolute atomic E-state index is 0.358. The Kier molecular flexibility index (Phi) is 7.72. The first-order valence-electron chi connectivity index (χ1n) is 11.3. The van der Waals surface area contributed by atoms with E-state index in [-0.39, 0.29) is 0 Å². The summed E-state index contributed by atoms with van der Waals surface area (Å²) in [5, 5.41) is 11.2. The monoisotopic (exact) mass is 472 g/mol. The van der Waals surface area contributed by atoms with Gasteiger partial charge in [0.05, 0.1) is 28.2 Å². The molecule has 0 heterocycles. The molecule has 174 valence electrons. The third kappa shape index (κ3) is 5.35. The Morgan fingerprint density at radius 3 is 2.09 bits per heavy atom. The first kappa shape index (κ1) is 23.7. The summed E-state index contributed by atoms with van der Waals surface area (Å²) >= 11 is -2.48. The molecule has 0 aromatic heterocycles. The van der Waals surface area contributed by atoms with Crippen LogP contribution in [0.4, 0.5) is 11.4 Å². The summed E-state index contributed by atoms with van der Waals surface area (Å²) in [6, 6.07) is 28.1. The molecule has 4 rings (SSSR count). The Labute approximate surface area is 202 Å². The third-order valence-electron chi connectivity index (χ3n) is 5.98. The molecule has 0 amide bonds. The van der Waals surface area contributed by atoms with Gasteiger partial charge in [-0.25, -0.2) is 4.79 Å². The molecule has 1 atom stereocenters. The molecule has 0 bridgehead atoms. The summed E-state index contributed by atoms with van der Waals surface area (Å²) in [7, 11) is 0. The maximum absolute atomic E-state index is 12.4. The number of rotatable bonds is 10. The average molecular weight is 473 g/mol. The smallest absolute Gasteiger partial charge is 0.335 e. The summed E-state index contributed by atoms with van der Waals surface area (Å²) in [6.07, 6.45) is 4.09. The van der Waals surface area contributed by atoms with Crippen molar-refractivity contribution in [2.75, 3.05) is 4.31 Å². The molecule has 1 unspecified atom stereocenters. The number of aryl methyl sites for hydroxylation is 2. The van der Waals surface area contributed by atoms with Crippen LogP contribution in [0.1, 0.15) is 40.7 Å². The highest BCUT2D eigenvalue weighted by Gasteiger charge is 2.16. The van der Waals surface area contributed by atoms with Crippen LogP contribution in [0.2, 0.25) is 0 Å². The van der Waals surface area contributed by atoms with Crippen LogP contribution in [0.3, 0.4) is 0 Å². The minimum atomic E-state index is -2.48. The second kappa shape index (κ2) is 11.1. The number of carboxylic acids is 1. The number of anilines is 2. The van der Waals surface area contributed by atoms with Gasteiger partial charge in [0, 0.05) is 5.39 Å². The second-order valence-corrected chi connectivity index (χ2v) is 8.96. The van der Waals surface area contributed by atoms with Crippen LogP contribution >= 0.6 is 0 Å². The van der Waals surface area contributed by atoms with Gasteiger partial charge in [-0.3, -0.25) is 8.51 Å². The molecule has 0 saturated carbocycles. The number of fused-ring (bicyclic) bond motifs is 1. The van der Waals surface area contributed by atoms with Crippen LogP contribution in [0.5, 0.6) is 0 Å². The van der Waals surface area contributed by atoms with E-state index in [1.165, 1.54) is 4.31 Å². The zero-order chi connectivity index (χ0) is 23.9. The highest BCUT2D eigenvalue weighted by Crippen LogP contribution is 2.35. The molecular formula is C28H26NO4S-. The Morgan fingerprint density at radius 1 is 0.735 bits per heavy atom. The maximum atomic E-state index is 12.4. The summed E-state index contributed by atoms with van der Waals surface area (Å²) in [5.41, 5.74) is 3.45. The molecule has 0 fully saturated rings. The molecule has 4 aromatic carbocycles. The number of hydrogen-bond acceptors (Lipinski definition) is 3. The van der Waals surface area contributed by atoms with Gasteiger partial charge in [-0.1, -0.05) is 79.2 Å². The zero-order valence-electron chi connectivity index (χ0n) is 18.7. The van der Waals surface area contributed by atoms with Crippen LogP contribution in [0, 0.1) is 0 Å². The SMILES string of the molecule is O=C(O)c1ccccc1CCCCCc1ccccc1N(c1cccc2ccccc12)S(=O)[O-]. The van der Waals surface area contributed by atoms with Gasteiger partial charge in [0.25, 0.3) is 0 Å². The molecule has 0 aliphatic heterocycles. The van der Waals surface area contributed by atoms with Crippen molar-refractivity contribution in [2.24, 2.45) is 0 Å². The molecule has 5 nitrogen and oxygen atoms in total. The van der Waals surface area contributed by atoms with E-state index < -0.39 is 17.2 Å². The van der Waals surface area contributed by atoms with Crippen LogP contribution in [-0.4, -0.2) is 19.8 Å². The van der Waals surface area contributed by atoms with Gasteiger partial charge in [0.1, 0.15) is 0 Å². The average Bonchev–Trinajstić information content (AvgIpc) is 2.85. The van der Waals surface area contributed by atoms with E-state index in [4.69, 9.17) is 0 Å². The van der Waals surface area contributed by atoms with Gasteiger partial charge in [0.2, 0.25) is 0 Å². The molecule has 0 saturated heterocycles. The lowest BCUT2D eigenvalue weighted by Gasteiger charge is -2.29. The Morgan fingerprint density at radius 2 is 1.32 bits per heavy atom. The van der Waals surface area contributed by atoms with Gasteiger partial charge in [0.15, 0.2) is 0 Å². The fourth-order valence-corrected chi connectivity index (χ4v) is 5.01. The van der Waals surface area contributed by atoms with E-state index in [0.717, 1.165) is 47.6 Å². The summed E-state index contributed by atoms with van der Waals surface area (Å²) in [6.45, 7) is 0. The number of benzene rings is 4. The number of para-hydroxylation sites is 1. The number of carboxylic acid groups (broad SMARTS) is 1. The highest BCUT2D eigenvalue weighted by molar-refractivity contribution is 7.81. The molecule has 0 aliphatic carbocycles. The molecule has 0 spiro atoms. The van der Waals surface area contributed by atoms with Crippen LogP contribution < -0.4 is 4.31 Å². The quantitative estimate of drug-likeness (QED) is 0.213. The fraction of sp³-hybridized carbons (Fsp3) is 0.179. The standard InChI is InChI=1S/C28H27NO4S/c30-28(31)25-18-8-5-13-22(25)11-2-1-3-14-23-15-6-9-19-26(23)29(34(32)33)27-20-10-16-21-12-4-7-17-24(21)27/h4-10,12-13,15-20H,1-3,11,14H2,(H,30,31)(H,32,33)/p-1. The number of carbonyl (C=O) groups is 1. The van der Waals surface area contributed by atoms with Gasteiger partial charge in [-0.05, 0) is 60.4 Å². The minimum Gasteiger partial charge on any atom is -0.755 e. The first-order valence-corrected chi connectivity index (χ1v) is 12.4. The number of aromatic carboxylic acids is 1. The maximum Gasteiger partial charge on any atom is 0.335 e. The van der Waals surface area contributed by atoms with Crippen LogP contribution in [0.15, 0.2) is 91.0 Å². The Bertz CT molecular complexity index is 1320. The lowest BCUT2D eigenvalue weighted by Crippen LogP contribution is -2.21. The van der Waals surface area contributed by atoms with Crippen molar-refractivity contribution >= 4 is 39.4 Å². The highest BCUT2D eigenvalue weighted by atomic mass is 32.2. The molecule has 1 N–H and O–H groups in total. The van der Waals surface area contributed by atoms with Crippen molar-refractivity contribution in [3.8, 4) is 0 Å². The van der Waals surface area contributed by atoms with E-state index in [0.29, 0.717) is 23.4 Å². The molecule has 0 aliphatic rings. The van der Waals surface area contributed by atoms with E-state index >= 15 is 0 Å². The van der Waals surface area contributed by atoms with E-state index in [9.17, 15) is 18.7 Å². The third-order valence-corrected chi connectivity index (χ3v) is 6.68. The number of nitrogens with zero attached hydrogens (tertiary/aromatic N) is 1. The molecule has 0 radical (unpaired) electrons. The fourth-order valence-electron chi connectivity index (χ4n) is 4.35. The van der Waals surface area contributed by atoms with Crippen molar-refractivity contribution in [1.82, 2.24) is 0 Å². The van der Waals surface area contributed by atoms with Gasteiger partial charge < -0.3 is 9.66 Å². The molecule has 6 heteroatoms. The zero-order valence-corrected chi connectivity index (χ0v) is 19.5. The summed E-state index contributed by atoms with van der Waals surface area (Å²) in [4.78, 5) is 11.4. The second-order valence-electron chi connectivity index (χ2n) is 8.16. The molecular weight excluding hydrogens is 446 g/mol. The normalized spacial score (nSPS) is 11.9. The topological polar surface area (TPSA) is 80.7 Å². The molecule has 4 aromatic rings. The first-order chi connectivity index (χ1) is 16.6. The van der Waals surface area contributed by atoms with Crippen molar-refractivity contribution in [3.63, 3.8) is 0 Å². The Balaban J connectivity index is 1.49. The number of hydrogen-bond donors (Lipinski definition) is 1. The van der Waals surface area contributed by atoms with Crippen LogP contribution in [-0.2, 0) is 24.1 Å². The predicted molar refractivity (Wildman–Crippen MR) is 136 cm³/mol. The van der Waals surface area contributed by atoms with Gasteiger partial charge in [-0.15, -0.1) is 0 Å². The van der Waals surface area contributed by atoms with E-state index in [1.807, 2.05) is 78.9 Å². The van der Waals surface area contributed by atoms with E-state index in [1.54, 1.807) is 12.1 Å². The molecule has 34 heavy (non-hydrogen) atoms.